The largest absolute Gasteiger partial charge is 0.466 e. The van der Waals surface area contributed by atoms with Gasteiger partial charge in [-0.1, -0.05) is 30.3 Å². The van der Waals surface area contributed by atoms with Gasteiger partial charge in [0.15, 0.2) is 0 Å². The van der Waals surface area contributed by atoms with Crippen molar-refractivity contribution < 1.29 is 14.3 Å². The molecule has 0 aliphatic carbocycles. The van der Waals surface area contributed by atoms with E-state index in [-0.39, 0.29) is 11.4 Å². The highest BCUT2D eigenvalue weighted by molar-refractivity contribution is 6.06. The van der Waals surface area contributed by atoms with Crippen molar-refractivity contribution in [2.45, 2.75) is 32.7 Å². The number of rotatable bonds is 4. The summed E-state index contributed by atoms with van der Waals surface area (Å²) in [5.41, 5.74) is 1.95. The highest BCUT2D eigenvalue weighted by Gasteiger charge is 2.30. The van der Waals surface area contributed by atoms with Crippen LogP contribution in [-0.4, -0.2) is 24.5 Å². The number of esters is 1. The second-order valence-corrected chi connectivity index (χ2v) is 6.43. The molecule has 1 aromatic rings. The minimum absolute atomic E-state index is 0.217. The Morgan fingerprint density at radius 3 is 2.48 bits per heavy atom. The number of amides is 1. The minimum Gasteiger partial charge on any atom is -0.466 e. The maximum Gasteiger partial charge on any atom is 0.331 e. The van der Waals surface area contributed by atoms with E-state index < -0.39 is 5.97 Å². The summed E-state index contributed by atoms with van der Waals surface area (Å²) in [6, 6.07) is 9.80. The topological polar surface area (TPSA) is 67.4 Å². The zero-order chi connectivity index (χ0) is 17.0. The number of hydrogen-bond donors (Lipinski definition) is 2. The first-order valence-electron chi connectivity index (χ1n) is 7.47. The molecule has 1 heterocycles. The molecule has 1 amide bonds. The van der Waals surface area contributed by atoms with Crippen molar-refractivity contribution in [3.8, 4) is 0 Å². The molecule has 0 fully saturated rings. The van der Waals surface area contributed by atoms with Crippen molar-refractivity contribution in [3.05, 3.63) is 58.9 Å². The van der Waals surface area contributed by atoms with Gasteiger partial charge in [0.1, 0.15) is 5.82 Å². The van der Waals surface area contributed by atoms with Crippen LogP contribution in [0.1, 0.15) is 26.3 Å². The standard InChI is InChI=1S/C18H22N2O3/c1-18(2,3)20-16-13(10-12-8-6-5-7-9-12)14(17(22)19-16)11-15(21)23-4/h5-9,11,20H,10H2,1-4H3,(H,19,22)/b14-11-. The van der Waals surface area contributed by atoms with Gasteiger partial charge in [-0.2, -0.15) is 0 Å². The average molecular weight is 314 g/mol. The summed E-state index contributed by atoms with van der Waals surface area (Å²) >= 11 is 0. The van der Waals surface area contributed by atoms with E-state index in [2.05, 4.69) is 15.4 Å². The van der Waals surface area contributed by atoms with Gasteiger partial charge in [-0.15, -0.1) is 0 Å². The number of carbonyl (C=O) groups is 2. The molecule has 0 saturated carbocycles. The number of methoxy groups -OCH3 is 1. The Morgan fingerprint density at radius 2 is 1.91 bits per heavy atom. The van der Waals surface area contributed by atoms with Crippen molar-refractivity contribution in [1.29, 1.82) is 0 Å². The Labute approximate surface area is 136 Å². The van der Waals surface area contributed by atoms with Crippen molar-refractivity contribution in [2.24, 2.45) is 0 Å². The molecule has 5 heteroatoms. The molecule has 0 unspecified atom stereocenters. The Morgan fingerprint density at radius 1 is 1.26 bits per heavy atom. The molecule has 2 rings (SSSR count). The molecule has 23 heavy (non-hydrogen) atoms. The van der Waals surface area contributed by atoms with Gasteiger partial charge in [-0.3, -0.25) is 4.79 Å². The van der Waals surface area contributed by atoms with Crippen LogP contribution < -0.4 is 10.6 Å². The SMILES string of the molecule is COC(=O)/C=C1\C(=O)NC(NC(C)(C)C)=C1Cc1ccccc1. The van der Waals surface area contributed by atoms with Crippen molar-refractivity contribution in [2.75, 3.05) is 7.11 Å². The summed E-state index contributed by atoms with van der Waals surface area (Å²) in [6.07, 6.45) is 1.78. The summed E-state index contributed by atoms with van der Waals surface area (Å²) < 4.78 is 4.66. The van der Waals surface area contributed by atoms with Crippen LogP contribution in [0.5, 0.6) is 0 Å². The molecule has 1 aliphatic rings. The van der Waals surface area contributed by atoms with Gasteiger partial charge >= 0.3 is 5.97 Å². The molecule has 0 radical (unpaired) electrons. The summed E-state index contributed by atoms with van der Waals surface area (Å²) in [4.78, 5) is 23.8. The van der Waals surface area contributed by atoms with Crippen LogP contribution in [0.25, 0.3) is 0 Å². The molecule has 0 atom stereocenters. The molecule has 1 aromatic carbocycles. The number of benzene rings is 1. The van der Waals surface area contributed by atoms with Crippen LogP contribution in [0.3, 0.4) is 0 Å². The Bertz CT molecular complexity index is 667. The molecule has 0 bridgehead atoms. The predicted molar refractivity (Wildman–Crippen MR) is 88.3 cm³/mol. The van der Waals surface area contributed by atoms with Crippen LogP contribution in [0, 0.1) is 0 Å². The van der Waals surface area contributed by atoms with Gasteiger partial charge in [0.2, 0.25) is 0 Å². The van der Waals surface area contributed by atoms with E-state index in [4.69, 9.17) is 0 Å². The van der Waals surface area contributed by atoms with E-state index in [1.807, 2.05) is 51.1 Å². The number of nitrogens with one attached hydrogen (secondary N) is 2. The van der Waals surface area contributed by atoms with Crippen molar-refractivity contribution in [3.63, 3.8) is 0 Å². The van der Waals surface area contributed by atoms with E-state index in [0.29, 0.717) is 17.8 Å². The molecular weight excluding hydrogens is 292 g/mol. The average Bonchev–Trinajstić information content (AvgIpc) is 2.74. The zero-order valence-electron chi connectivity index (χ0n) is 13.9. The molecule has 0 aromatic heterocycles. The first-order chi connectivity index (χ1) is 10.8. The second-order valence-electron chi connectivity index (χ2n) is 6.43. The third kappa shape index (κ3) is 4.45. The molecule has 5 nitrogen and oxygen atoms in total. The molecule has 2 N–H and O–H groups in total. The minimum atomic E-state index is -0.544. The maximum atomic E-state index is 12.3. The lowest BCUT2D eigenvalue weighted by molar-refractivity contribution is -0.135. The van der Waals surface area contributed by atoms with E-state index in [9.17, 15) is 9.59 Å². The summed E-state index contributed by atoms with van der Waals surface area (Å²) in [5.74, 6) is -0.202. The maximum absolute atomic E-state index is 12.3. The van der Waals surface area contributed by atoms with Crippen molar-refractivity contribution >= 4 is 11.9 Å². The molecular formula is C18H22N2O3. The monoisotopic (exact) mass is 314 g/mol. The fraction of sp³-hybridized carbons (Fsp3) is 0.333. The Balaban J connectivity index is 2.43. The zero-order valence-corrected chi connectivity index (χ0v) is 13.9. The number of hydrogen-bond acceptors (Lipinski definition) is 4. The fourth-order valence-electron chi connectivity index (χ4n) is 2.32. The van der Waals surface area contributed by atoms with E-state index in [1.165, 1.54) is 13.2 Å². The molecule has 0 saturated heterocycles. The fourth-order valence-corrected chi connectivity index (χ4v) is 2.32. The molecule has 1 aliphatic heterocycles. The smallest absolute Gasteiger partial charge is 0.331 e. The first kappa shape index (κ1) is 16.8. The third-order valence-corrected chi connectivity index (χ3v) is 3.30. The van der Waals surface area contributed by atoms with Crippen LogP contribution in [0.4, 0.5) is 0 Å². The summed E-state index contributed by atoms with van der Waals surface area (Å²) in [7, 11) is 1.29. The summed E-state index contributed by atoms with van der Waals surface area (Å²) in [6.45, 7) is 6.02. The van der Waals surface area contributed by atoms with Crippen LogP contribution in [0.2, 0.25) is 0 Å². The van der Waals surface area contributed by atoms with E-state index in [1.54, 1.807) is 0 Å². The molecule has 122 valence electrons. The van der Waals surface area contributed by atoms with Gasteiger partial charge in [-0.25, -0.2) is 4.79 Å². The summed E-state index contributed by atoms with van der Waals surface area (Å²) in [5, 5.41) is 6.11. The Kier molecular flexibility index (Phi) is 4.89. The Hall–Kier alpha value is -2.56. The number of carbonyl (C=O) groups excluding carboxylic acids is 2. The van der Waals surface area contributed by atoms with Crippen LogP contribution in [-0.2, 0) is 20.7 Å². The number of ether oxygens (including phenoxy) is 1. The van der Waals surface area contributed by atoms with Crippen LogP contribution in [0.15, 0.2) is 53.4 Å². The second kappa shape index (κ2) is 6.69. The van der Waals surface area contributed by atoms with E-state index >= 15 is 0 Å². The van der Waals surface area contributed by atoms with Crippen molar-refractivity contribution in [1.82, 2.24) is 10.6 Å². The quantitative estimate of drug-likeness (QED) is 0.659. The molecule has 0 spiro atoms. The van der Waals surface area contributed by atoms with Gasteiger partial charge in [0.25, 0.3) is 5.91 Å². The van der Waals surface area contributed by atoms with Gasteiger partial charge in [-0.05, 0) is 26.3 Å². The lowest BCUT2D eigenvalue weighted by atomic mass is 9.98. The lowest BCUT2D eigenvalue weighted by Crippen LogP contribution is -2.40. The highest BCUT2D eigenvalue weighted by Crippen LogP contribution is 2.25. The van der Waals surface area contributed by atoms with Gasteiger partial charge in [0, 0.05) is 23.6 Å². The highest BCUT2D eigenvalue weighted by atomic mass is 16.5. The van der Waals surface area contributed by atoms with E-state index in [0.717, 1.165) is 11.1 Å². The lowest BCUT2D eigenvalue weighted by Gasteiger charge is -2.23. The van der Waals surface area contributed by atoms with Gasteiger partial charge < -0.3 is 15.4 Å². The van der Waals surface area contributed by atoms with Gasteiger partial charge in [0.05, 0.1) is 12.7 Å². The third-order valence-electron chi connectivity index (χ3n) is 3.30. The first-order valence-corrected chi connectivity index (χ1v) is 7.47. The predicted octanol–water partition coefficient (Wildman–Crippen LogP) is 2.06. The van der Waals surface area contributed by atoms with Crippen LogP contribution >= 0.6 is 0 Å². The normalized spacial score (nSPS) is 16.5.